The third-order valence-electron chi connectivity index (χ3n) is 2.60. The molecule has 0 aliphatic rings. The van der Waals surface area contributed by atoms with E-state index in [1.807, 2.05) is 0 Å². The third kappa shape index (κ3) is 2.92. The van der Waals surface area contributed by atoms with E-state index < -0.39 is 20.6 Å². The van der Waals surface area contributed by atoms with E-state index in [0.29, 0.717) is 5.56 Å². The highest BCUT2D eigenvalue weighted by Gasteiger charge is 2.20. The Balaban J connectivity index is 2.51. The molecule has 3 nitrogen and oxygen atoms in total. The van der Waals surface area contributed by atoms with Crippen LogP contribution in [0.3, 0.4) is 0 Å². The molecule has 0 saturated heterocycles. The van der Waals surface area contributed by atoms with E-state index in [9.17, 15) is 12.8 Å². The molecule has 0 aliphatic carbocycles. The number of halogens is 1. The van der Waals surface area contributed by atoms with Crippen molar-refractivity contribution in [2.24, 2.45) is 0 Å². The Labute approximate surface area is 116 Å². The quantitative estimate of drug-likeness (QED) is 0.815. The first-order valence-corrected chi connectivity index (χ1v) is 7.20. The van der Waals surface area contributed by atoms with Crippen LogP contribution in [-0.4, -0.2) is 8.42 Å². The summed E-state index contributed by atoms with van der Waals surface area (Å²) in [5.41, 5.74) is 0.320. The highest BCUT2D eigenvalue weighted by Crippen LogP contribution is 2.21. The first kappa shape index (κ1) is 14.0. The summed E-state index contributed by atoms with van der Waals surface area (Å²) >= 11 is 0. The second kappa shape index (κ2) is 5.68. The van der Waals surface area contributed by atoms with Crippen LogP contribution in [0.2, 0.25) is 0 Å². The highest BCUT2D eigenvalue weighted by atomic mass is 32.2. The van der Waals surface area contributed by atoms with Gasteiger partial charge in [-0.3, -0.25) is 0 Å². The number of sulfone groups is 1. The number of hydrogen-bond acceptors (Lipinski definition) is 3. The molecule has 0 aromatic heterocycles. The summed E-state index contributed by atoms with van der Waals surface area (Å²) < 4.78 is 37.6. The molecule has 2 aromatic carbocycles. The van der Waals surface area contributed by atoms with Crippen molar-refractivity contribution in [2.45, 2.75) is 4.90 Å². The van der Waals surface area contributed by atoms with Crippen molar-refractivity contribution in [3.63, 3.8) is 0 Å². The Hall–Kier alpha value is -2.45. The van der Waals surface area contributed by atoms with Crippen LogP contribution in [0.15, 0.2) is 64.4 Å². The number of nitriles is 1. The average molecular weight is 287 g/mol. The van der Waals surface area contributed by atoms with Crippen LogP contribution < -0.4 is 0 Å². The number of nitrogens with zero attached hydrogens (tertiary/aromatic N) is 1. The Morgan fingerprint density at radius 2 is 1.80 bits per heavy atom. The monoisotopic (exact) mass is 287 g/mol. The van der Waals surface area contributed by atoms with Gasteiger partial charge in [0.15, 0.2) is 0 Å². The fourth-order valence-electron chi connectivity index (χ4n) is 1.64. The van der Waals surface area contributed by atoms with E-state index in [0.717, 1.165) is 12.1 Å². The van der Waals surface area contributed by atoms with Crippen molar-refractivity contribution in [3.05, 3.63) is 70.9 Å². The molecule has 100 valence electrons. The smallest absolute Gasteiger partial charge is 0.216 e. The summed E-state index contributed by atoms with van der Waals surface area (Å²) in [4.78, 5) is -0.390. The minimum atomic E-state index is -3.88. The largest absolute Gasteiger partial charge is 0.218 e. The van der Waals surface area contributed by atoms with Gasteiger partial charge in [0.25, 0.3) is 0 Å². The van der Waals surface area contributed by atoms with Crippen LogP contribution in [0.1, 0.15) is 5.56 Å². The second-order valence-electron chi connectivity index (χ2n) is 3.99. The highest BCUT2D eigenvalue weighted by molar-refractivity contribution is 7.95. The Morgan fingerprint density at radius 3 is 2.40 bits per heavy atom. The van der Waals surface area contributed by atoms with Gasteiger partial charge >= 0.3 is 0 Å². The van der Waals surface area contributed by atoms with E-state index in [2.05, 4.69) is 0 Å². The van der Waals surface area contributed by atoms with Gasteiger partial charge in [0.1, 0.15) is 16.8 Å². The van der Waals surface area contributed by atoms with Crippen molar-refractivity contribution in [3.8, 4) is 6.07 Å². The van der Waals surface area contributed by atoms with Crippen LogP contribution in [-0.2, 0) is 9.84 Å². The maximum absolute atomic E-state index is 13.1. The summed E-state index contributed by atoms with van der Waals surface area (Å²) in [6.07, 6.45) is 1.16. The molecule has 0 N–H and O–H groups in total. The molecular formula is C15H10FNO2S. The topological polar surface area (TPSA) is 57.9 Å². The van der Waals surface area contributed by atoms with Gasteiger partial charge in [0.05, 0.1) is 4.90 Å². The van der Waals surface area contributed by atoms with Crippen LogP contribution in [0, 0.1) is 17.1 Å². The summed E-state index contributed by atoms with van der Waals surface area (Å²) in [6.45, 7) is 0. The molecule has 20 heavy (non-hydrogen) atoms. The predicted molar refractivity (Wildman–Crippen MR) is 73.6 cm³/mol. The molecule has 0 heterocycles. The van der Waals surface area contributed by atoms with Crippen LogP contribution in [0.25, 0.3) is 6.08 Å². The van der Waals surface area contributed by atoms with Crippen molar-refractivity contribution in [1.82, 2.24) is 0 Å². The molecule has 5 heteroatoms. The van der Waals surface area contributed by atoms with Gasteiger partial charge in [0, 0.05) is 0 Å². The lowest BCUT2D eigenvalue weighted by Crippen LogP contribution is -2.03. The zero-order chi connectivity index (χ0) is 14.6. The molecule has 2 rings (SSSR count). The zero-order valence-corrected chi connectivity index (χ0v) is 11.1. The minimum absolute atomic E-state index is 0.0317. The van der Waals surface area contributed by atoms with Gasteiger partial charge in [-0.05, 0) is 35.9 Å². The molecule has 0 unspecified atom stereocenters. The molecule has 0 fully saturated rings. The van der Waals surface area contributed by atoms with Crippen LogP contribution >= 0.6 is 0 Å². The predicted octanol–water partition coefficient (Wildman–Crippen LogP) is 3.16. The van der Waals surface area contributed by atoms with Crippen molar-refractivity contribution in [1.29, 1.82) is 5.26 Å². The lowest BCUT2D eigenvalue weighted by molar-refractivity contribution is 0.603. The number of rotatable bonds is 3. The third-order valence-corrected chi connectivity index (χ3v) is 4.28. The Morgan fingerprint density at radius 1 is 1.10 bits per heavy atom. The number of benzene rings is 2. The van der Waals surface area contributed by atoms with Crippen LogP contribution in [0.4, 0.5) is 4.39 Å². The standard InChI is InChI=1S/C15H10FNO2S/c16-13-6-4-5-12(9-13)10-15(11-17)20(18,19)14-7-2-1-3-8-14/h1-10H/b15-10-. The number of hydrogen-bond donors (Lipinski definition) is 0. The molecule has 0 atom stereocenters. The molecule has 0 amide bonds. The van der Waals surface area contributed by atoms with Crippen molar-refractivity contribution >= 4 is 15.9 Å². The fraction of sp³-hybridized carbons (Fsp3) is 0. The van der Waals surface area contributed by atoms with Crippen molar-refractivity contribution < 1.29 is 12.8 Å². The maximum atomic E-state index is 13.1. The Bertz CT molecular complexity index is 790. The first-order chi connectivity index (χ1) is 9.54. The lowest BCUT2D eigenvalue weighted by atomic mass is 10.2. The van der Waals surface area contributed by atoms with Gasteiger partial charge in [-0.2, -0.15) is 5.26 Å². The van der Waals surface area contributed by atoms with Gasteiger partial charge in [-0.1, -0.05) is 30.3 Å². The fourth-order valence-corrected chi connectivity index (χ4v) is 2.83. The first-order valence-electron chi connectivity index (χ1n) is 5.71. The molecule has 0 saturated carbocycles. The molecular weight excluding hydrogens is 277 g/mol. The summed E-state index contributed by atoms with van der Waals surface area (Å²) in [7, 11) is -3.88. The van der Waals surface area contributed by atoms with Crippen molar-refractivity contribution in [2.75, 3.05) is 0 Å². The van der Waals surface area contributed by atoms with Gasteiger partial charge in [0.2, 0.25) is 9.84 Å². The van der Waals surface area contributed by atoms with Crippen LogP contribution in [0.5, 0.6) is 0 Å². The molecule has 0 spiro atoms. The van der Waals surface area contributed by atoms with Gasteiger partial charge in [-0.25, -0.2) is 12.8 Å². The van der Waals surface area contributed by atoms with Gasteiger partial charge < -0.3 is 0 Å². The molecule has 2 aromatic rings. The number of allylic oxidation sites excluding steroid dienone is 1. The Kier molecular flexibility index (Phi) is 3.97. The second-order valence-corrected chi connectivity index (χ2v) is 5.91. The SMILES string of the molecule is N#C/C(=C/c1cccc(F)c1)S(=O)(=O)c1ccccc1. The van der Waals surface area contributed by atoms with E-state index in [1.54, 1.807) is 24.3 Å². The summed E-state index contributed by atoms with van der Waals surface area (Å²) in [6, 6.07) is 14.7. The summed E-state index contributed by atoms with van der Waals surface area (Å²) in [5, 5.41) is 9.06. The average Bonchev–Trinajstić information content (AvgIpc) is 2.45. The molecule has 0 radical (unpaired) electrons. The van der Waals surface area contributed by atoms with E-state index in [-0.39, 0.29) is 4.90 Å². The van der Waals surface area contributed by atoms with E-state index >= 15 is 0 Å². The lowest BCUT2D eigenvalue weighted by Gasteiger charge is -2.02. The minimum Gasteiger partial charge on any atom is -0.218 e. The summed E-state index contributed by atoms with van der Waals surface area (Å²) in [5.74, 6) is -0.492. The van der Waals surface area contributed by atoms with E-state index in [4.69, 9.17) is 5.26 Å². The zero-order valence-electron chi connectivity index (χ0n) is 10.3. The maximum Gasteiger partial charge on any atom is 0.216 e. The molecule has 0 aliphatic heterocycles. The molecule has 0 bridgehead atoms. The van der Waals surface area contributed by atoms with E-state index in [1.165, 1.54) is 30.3 Å². The van der Waals surface area contributed by atoms with Gasteiger partial charge in [-0.15, -0.1) is 0 Å². The normalized spacial score (nSPS) is 11.9.